The predicted octanol–water partition coefficient (Wildman–Crippen LogP) is 2.74. The highest BCUT2D eigenvalue weighted by Gasteiger charge is 2.19. The van der Waals surface area contributed by atoms with Gasteiger partial charge in [0, 0.05) is 27.2 Å². The molecule has 5 nitrogen and oxygen atoms in total. The van der Waals surface area contributed by atoms with Gasteiger partial charge in [0.1, 0.15) is 10.6 Å². The molecule has 0 spiro atoms. The Morgan fingerprint density at radius 2 is 2.35 bits per heavy atom. The van der Waals surface area contributed by atoms with Crippen molar-refractivity contribution < 1.29 is 4.74 Å². The van der Waals surface area contributed by atoms with Crippen molar-refractivity contribution in [2.24, 2.45) is 0 Å². The highest BCUT2D eigenvalue weighted by molar-refractivity contribution is 7.16. The Balaban J connectivity index is 1.85. The van der Waals surface area contributed by atoms with E-state index in [0.717, 1.165) is 35.6 Å². The van der Waals surface area contributed by atoms with Crippen LogP contribution < -0.4 is 10.2 Å². The Morgan fingerprint density at radius 1 is 1.45 bits per heavy atom. The number of aromatic nitrogens is 2. The summed E-state index contributed by atoms with van der Waals surface area (Å²) in [6.45, 7) is 1.77. The lowest BCUT2D eigenvalue weighted by atomic mass is 10.1. The molecule has 0 radical (unpaired) electrons. The van der Waals surface area contributed by atoms with Crippen LogP contribution in [0.3, 0.4) is 0 Å². The van der Waals surface area contributed by atoms with Gasteiger partial charge in [-0.15, -0.1) is 11.3 Å². The molecule has 6 heteroatoms. The van der Waals surface area contributed by atoms with Crippen molar-refractivity contribution in [1.29, 1.82) is 0 Å². The van der Waals surface area contributed by atoms with Gasteiger partial charge < -0.3 is 15.0 Å². The number of anilines is 2. The Morgan fingerprint density at radius 3 is 3.10 bits per heavy atom. The summed E-state index contributed by atoms with van der Waals surface area (Å²) < 4.78 is 5.82. The van der Waals surface area contributed by atoms with Crippen LogP contribution in [0.5, 0.6) is 0 Å². The average Bonchev–Trinajstić information content (AvgIpc) is 2.95. The highest BCUT2D eigenvalue weighted by atomic mass is 32.1. The molecule has 0 aliphatic carbocycles. The first-order chi connectivity index (χ1) is 9.78. The number of ether oxygens (including phenoxy) is 1. The molecule has 3 heterocycles. The number of hydrogen-bond acceptors (Lipinski definition) is 6. The summed E-state index contributed by atoms with van der Waals surface area (Å²) in [6, 6.07) is 2.09. The second kappa shape index (κ2) is 5.93. The topological polar surface area (TPSA) is 50.3 Å². The first kappa shape index (κ1) is 13.6. The van der Waals surface area contributed by atoms with E-state index in [0.29, 0.717) is 12.1 Å². The van der Waals surface area contributed by atoms with Crippen LogP contribution >= 0.6 is 11.3 Å². The highest BCUT2D eigenvalue weighted by Crippen LogP contribution is 2.29. The van der Waals surface area contributed by atoms with Gasteiger partial charge in [-0.25, -0.2) is 4.98 Å². The van der Waals surface area contributed by atoms with Gasteiger partial charge in [-0.3, -0.25) is 0 Å². The first-order valence-electron chi connectivity index (χ1n) is 7.03. The summed E-state index contributed by atoms with van der Waals surface area (Å²) >= 11 is 1.65. The minimum atomic E-state index is 0.315. The van der Waals surface area contributed by atoms with E-state index in [9.17, 15) is 0 Å². The van der Waals surface area contributed by atoms with Gasteiger partial charge in [0.25, 0.3) is 0 Å². The zero-order valence-corrected chi connectivity index (χ0v) is 12.7. The van der Waals surface area contributed by atoms with Crippen LogP contribution in [-0.4, -0.2) is 43.3 Å². The van der Waals surface area contributed by atoms with E-state index in [-0.39, 0.29) is 0 Å². The minimum Gasteiger partial charge on any atom is -0.376 e. The van der Waals surface area contributed by atoms with Gasteiger partial charge in [-0.1, -0.05) is 0 Å². The molecule has 1 N–H and O–H groups in total. The van der Waals surface area contributed by atoms with Crippen LogP contribution in [0.4, 0.5) is 11.8 Å². The van der Waals surface area contributed by atoms with E-state index in [4.69, 9.17) is 4.74 Å². The number of fused-ring (bicyclic) bond motifs is 1. The molecule has 20 heavy (non-hydrogen) atoms. The van der Waals surface area contributed by atoms with Crippen molar-refractivity contribution in [3.63, 3.8) is 0 Å². The fraction of sp³-hybridized carbons (Fsp3) is 0.571. The summed E-state index contributed by atoms with van der Waals surface area (Å²) in [7, 11) is 3.93. The van der Waals surface area contributed by atoms with Gasteiger partial charge in [-0.2, -0.15) is 4.98 Å². The molecule has 0 aromatic carbocycles. The van der Waals surface area contributed by atoms with Gasteiger partial charge in [0.2, 0.25) is 5.95 Å². The third-order valence-electron chi connectivity index (χ3n) is 3.64. The summed E-state index contributed by atoms with van der Waals surface area (Å²) in [5.74, 6) is 1.65. The standard InChI is InChI=1S/C14H20N4OS/c1-15-14-16-12(11-6-8-20-13(11)17-14)18(2)9-10-5-3-4-7-19-10/h6,8,10H,3-5,7,9H2,1-2H3,(H,15,16,17). The monoisotopic (exact) mass is 292 g/mol. The summed E-state index contributed by atoms with van der Waals surface area (Å²) in [5.41, 5.74) is 0. The molecular formula is C14H20N4OS. The average molecular weight is 292 g/mol. The second-order valence-corrected chi connectivity index (χ2v) is 6.02. The zero-order valence-electron chi connectivity index (χ0n) is 11.9. The van der Waals surface area contributed by atoms with Crippen LogP contribution in [0, 0.1) is 0 Å². The Labute approximate surface area is 123 Å². The van der Waals surface area contributed by atoms with E-state index in [2.05, 4.69) is 38.7 Å². The molecule has 2 aromatic rings. The largest absolute Gasteiger partial charge is 0.376 e. The molecule has 1 fully saturated rings. The van der Waals surface area contributed by atoms with Crippen LogP contribution in [0.25, 0.3) is 10.2 Å². The van der Waals surface area contributed by atoms with E-state index < -0.39 is 0 Å². The Bertz CT molecular complexity index is 580. The van der Waals surface area contributed by atoms with E-state index in [1.807, 2.05) is 7.05 Å². The van der Waals surface area contributed by atoms with Crippen molar-refractivity contribution in [3.8, 4) is 0 Å². The van der Waals surface area contributed by atoms with Crippen molar-refractivity contribution in [1.82, 2.24) is 9.97 Å². The van der Waals surface area contributed by atoms with Gasteiger partial charge in [0.15, 0.2) is 0 Å². The van der Waals surface area contributed by atoms with Gasteiger partial charge in [-0.05, 0) is 30.7 Å². The fourth-order valence-corrected chi connectivity index (χ4v) is 3.34. The van der Waals surface area contributed by atoms with Crippen molar-refractivity contribution in [3.05, 3.63) is 11.4 Å². The lowest BCUT2D eigenvalue weighted by Crippen LogP contribution is -2.34. The molecule has 1 aliphatic rings. The van der Waals surface area contributed by atoms with Crippen LogP contribution in [-0.2, 0) is 4.74 Å². The summed E-state index contributed by atoms with van der Waals surface area (Å²) in [5, 5.41) is 6.21. The molecule has 2 aromatic heterocycles. The van der Waals surface area contributed by atoms with Crippen LogP contribution in [0.2, 0.25) is 0 Å². The molecule has 1 unspecified atom stereocenters. The number of nitrogens with one attached hydrogen (secondary N) is 1. The van der Waals surface area contributed by atoms with E-state index >= 15 is 0 Å². The smallest absolute Gasteiger partial charge is 0.225 e. The molecule has 0 bridgehead atoms. The van der Waals surface area contributed by atoms with Crippen LogP contribution in [0.15, 0.2) is 11.4 Å². The van der Waals surface area contributed by atoms with Gasteiger partial charge >= 0.3 is 0 Å². The molecule has 108 valence electrons. The van der Waals surface area contributed by atoms with E-state index in [1.165, 1.54) is 12.8 Å². The SMILES string of the molecule is CNc1nc(N(C)CC2CCCCO2)c2ccsc2n1. The number of likely N-dealkylation sites (N-methyl/N-ethyl adjacent to an activating group) is 1. The maximum atomic E-state index is 5.82. The number of rotatable bonds is 4. The minimum absolute atomic E-state index is 0.315. The number of nitrogens with zero attached hydrogens (tertiary/aromatic N) is 3. The maximum absolute atomic E-state index is 5.82. The van der Waals surface area contributed by atoms with Crippen molar-refractivity contribution in [2.45, 2.75) is 25.4 Å². The Kier molecular flexibility index (Phi) is 4.03. The third kappa shape index (κ3) is 2.71. The first-order valence-corrected chi connectivity index (χ1v) is 7.91. The summed E-state index contributed by atoms with van der Waals surface area (Å²) in [4.78, 5) is 12.3. The lowest BCUT2D eigenvalue weighted by Gasteiger charge is -2.28. The Hall–Kier alpha value is -1.40. The number of thiophene rings is 1. The van der Waals surface area contributed by atoms with Crippen LogP contribution in [0.1, 0.15) is 19.3 Å². The molecule has 0 amide bonds. The second-order valence-electron chi connectivity index (χ2n) is 5.13. The van der Waals surface area contributed by atoms with Crippen molar-refractivity contribution in [2.75, 3.05) is 37.5 Å². The summed E-state index contributed by atoms with van der Waals surface area (Å²) in [6.07, 6.45) is 3.90. The molecule has 1 atom stereocenters. The quantitative estimate of drug-likeness (QED) is 0.939. The number of hydrogen-bond donors (Lipinski definition) is 1. The molecular weight excluding hydrogens is 272 g/mol. The molecule has 1 saturated heterocycles. The molecule has 1 aliphatic heterocycles. The molecule has 0 saturated carbocycles. The van der Waals surface area contributed by atoms with E-state index in [1.54, 1.807) is 11.3 Å². The maximum Gasteiger partial charge on any atom is 0.225 e. The molecule has 3 rings (SSSR count). The predicted molar refractivity (Wildman–Crippen MR) is 83.8 cm³/mol. The third-order valence-corrected chi connectivity index (χ3v) is 4.45. The lowest BCUT2D eigenvalue weighted by molar-refractivity contribution is 0.0215. The normalized spacial score (nSPS) is 19.2. The zero-order chi connectivity index (χ0) is 13.9. The fourth-order valence-electron chi connectivity index (χ4n) is 2.59. The van der Waals surface area contributed by atoms with Gasteiger partial charge in [0.05, 0.1) is 11.5 Å². The van der Waals surface area contributed by atoms with Crippen molar-refractivity contribution >= 4 is 33.3 Å².